The molecule has 6 atom stereocenters. The fourth-order valence-corrected chi connectivity index (χ4v) is 5.36. The summed E-state index contributed by atoms with van der Waals surface area (Å²) in [7, 11) is 0. The Morgan fingerprint density at radius 1 is 0.905 bits per heavy atom. The smallest absolute Gasteiger partial charge is 0.245 e. The summed E-state index contributed by atoms with van der Waals surface area (Å²) in [6.07, 6.45) is 2.58. The second-order valence-electron chi connectivity index (χ2n) is 10.9. The summed E-state index contributed by atoms with van der Waals surface area (Å²) in [5, 5.41) is 17.9. The first-order valence-corrected chi connectivity index (χ1v) is 14.9. The van der Waals surface area contributed by atoms with Gasteiger partial charge < -0.3 is 48.1 Å². The van der Waals surface area contributed by atoms with Crippen LogP contribution in [-0.4, -0.2) is 113 Å². The number of likely N-dealkylation sites (N-methyl/N-ethyl adjacent to an activating group) is 1. The lowest BCUT2D eigenvalue weighted by molar-refractivity contribution is -0.144. The normalized spacial score (nSPS) is 21.2. The van der Waals surface area contributed by atoms with Gasteiger partial charge in [0.05, 0.1) is 6.10 Å². The fourth-order valence-electron chi connectivity index (χ4n) is 5.36. The Hall–Kier alpha value is -3.46. The van der Waals surface area contributed by atoms with Crippen LogP contribution in [0.4, 0.5) is 0 Å². The third-order valence-corrected chi connectivity index (χ3v) is 7.60. The number of aliphatic hydroxyl groups is 1. The highest BCUT2D eigenvalue weighted by Gasteiger charge is 2.41. The average Bonchev–Trinajstić information content (AvgIpc) is 3.63. The molecule has 10 N–H and O–H groups in total. The summed E-state index contributed by atoms with van der Waals surface area (Å²) < 4.78 is 0. The van der Waals surface area contributed by atoms with Crippen LogP contribution in [0.3, 0.4) is 0 Å². The summed E-state index contributed by atoms with van der Waals surface area (Å²) >= 11 is 0. The number of nitrogens with two attached hydrogens (primary N) is 3. The number of hydrogen-bond acceptors (Lipinski definition) is 8. The molecule has 238 valence electrons. The molecule has 0 aromatic carbocycles. The van der Waals surface area contributed by atoms with E-state index in [1.807, 2.05) is 6.92 Å². The fraction of sp³-hybridized carbons (Fsp3) is 0.778. The van der Waals surface area contributed by atoms with Crippen molar-refractivity contribution in [2.45, 2.75) is 108 Å². The van der Waals surface area contributed by atoms with Crippen LogP contribution in [0.5, 0.6) is 0 Å². The number of nitrogens with one attached hydrogen (secondary N) is 3. The minimum absolute atomic E-state index is 0.0824. The number of nitrogens with zero attached hydrogens (tertiary/aromatic N) is 3. The van der Waals surface area contributed by atoms with Crippen LogP contribution in [0, 0.1) is 0 Å². The maximum Gasteiger partial charge on any atom is 0.245 e. The molecule has 5 amide bonds. The molecule has 0 radical (unpaired) electrons. The van der Waals surface area contributed by atoms with Crippen LogP contribution in [0.2, 0.25) is 0 Å². The first-order chi connectivity index (χ1) is 19.9. The summed E-state index contributed by atoms with van der Waals surface area (Å²) in [6.45, 7) is 6.44. The molecule has 42 heavy (non-hydrogen) atoms. The molecule has 0 spiro atoms. The van der Waals surface area contributed by atoms with E-state index in [1.54, 1.807) is 6.92 Å². The van der Waals surface area contributed by atoms with Gasteiger partial charge in [-0.05, 0) is 58.8 Å². The topological polar surface area (TPSA) is 239 Å². The minimum atomic E-state index is -1.20. The number of guanidine groups is 1. The van der Waals surface area contributed by atoms with Crippen molar-refractivity contribution >= 4 is 35.5 Å². The number of aliphatic hydroxyl groups excluding tert-OH is 1. The molecule has 2 fully saturated rings. The van der Waals surface area contributed by atoms with Crippen LogP contribution < -0.4 is 33.2 Å². The quantitative estimate of drug-likeness (QED) is 0.0607. The van der Waals surface area contributed by atoms with Crippen molar-refractivity contribution in [1.29, 1.82) is 0 Å². The molecule has 2 rings (SSSR count). The van der Waals surface area contributed by atoms with E-state index in [1.165, 1.54) is 16.7 Å². The van der Waals surface area contributed by atoms with Crippen LogP contribution >= 0.6 is 0 Å². The number of rotatable bonds is 15. The van der Waals surface area contributed by atoms with Crippen molar-refractivity contribution in [3.63, 3.8) is 0 Å². The number of carbonyl (C=O) groups is 5. The molecule has 2 saturated heterocycles. The van der Waals surface area contributed by atoms with Crippen LogP contribution in [0.1, 0.15) is 72.1 Å². The zero-order valence-electron chi connectivity index (χ0n) is 25.0. The number of amides is 5. The zero-order valence-corrected chi connectivity index (χ0v) is 25.0. The third-order valence-electron chi connectivity index (χ3n) is 7.60. The molecule has 0 bridgehead atoms. The van der Waals surface area contributed by atoms with Crippen molar-refractivity contribution in [2.24, 2.45) is 22.2 Å². The van der Waals surface area contributed by atoms with Crippen molar-refractivity contribution in [1.82, 2.24) is 25.8 Å². The number of aliphatic imine (C=N–C) groups is 1. The molecule has 2 aliphatic heterocycles. The van der Waals surface area contributed by atoms with Gasteiger partial charge in [0.2, 0.25) is 29.5 Å². The van der Waals surface area contributed by atoms with Crippen molar-refractivity contribution in [3.05, 3.63) is 0 Å². The van der Waals surface area contributed by atoms with E-state index in [4.69, 9.17) is 17.2 Å². The van der Waals surface area contributed by atoms with Gasteiger partial charge in [0.15, 0.2) is 5.96 Å². The molecule has 0 aromatic rings. The summed E-state index contributed by atoms with van der Waals surface area (Å²) in [5.74, 6) is -2.26. The number of hydrogen-bond donors (Lipinski definition) is 7. The van der Waals surface area contributed by atoms with E-state index < -0.39 is 54.0 Å². The third kappa shape index (κ3) is 9.54. The Labute approximate surface area is 247 Å². The second-order valence-corrected chi connectivity index (χ2v) is 10.9. The van der Waals surface area contributed by atoms with Gasteiger partial charge in [0, 0.05) is 26.2 Å². The predicted octanol–water partition coefficient (Wildman–Crippen LogP) is -2.36. The summed E-state index contributed by atoms with van der Waals surface area (Å²) in [4.78, 5) is 72.8. The van der Waals surface area contributed by atoms with Gasteiger partial charge in [0.25, 0.3) is 0 Å². The molecule has 15 heteroatoms. The van der Waals surface area contributed by atoms with E-state index in [0.29, 0.717) is 64.6 Å². The minimum Gasteiger partial charge on any atom is -0.391 e. The van der Waals surface area contributed by atoms with Crippen molar-refractivity contribution in [3.8, 4) is 0 Å². The molecule has 2 heterocycles. The molecular formula is C27H49N9O6. The van der Waals surface area contributed by atoms with Gasteiger partial charge in [-0.3, -0.25) is 29.0 Å². The largest absolute Gasteiger partial charge is 0.391 e. The Kier molecular flexibility index (Phi) is 13.9. The lowest BCUT2D eigenvalue weighted by Crippen LogP contribution is -2.59. The monoisotopic (exact) mass is 595 g/mol. The lowest BCUT2D eigenvalue weighted by Gasteiger charge is -2.32. The Morgan fingerprint density at radius 3 is 1.95 bits per heavy atom. The van der Waals surface area contributed by atoms with E-state index in [9.17, 15) is 29.1 Å². The summed E-state index contributed by atoms with van der Waals surface area (Å²) in [6, 6.07) is -4.53. The summed E-state index contributed by atoms with van der Waals surface area (Å²) in [5.41, 5.74) is 16.6. The van der Waals surface area contributed by atoms with Gasteiger partial charge in [-0.2, -0.15) is 0 Å². The molecule has 0 saturated carbocycles. The number of likely N-dealkylation sites (tertiary alicyclic amines) is 2. The van der Waals surface area contributed by atoms with Gasteiger partial charge >= 0.3 is 0 Å². The predicted molar refractivity (Wildman–Crippen MR) is 156 cm³/mol. The van der Waals surface area contributed by atoms with E-state index in [0.717, 1.165) is 0 Å². The molecule has 15 nitrogen and oxygen atoms in total. The highest BCUT2D eigenvalue weighted by atomic mass is 16.3. The Balaban J connectivity index is 2.20. The highest BCUT2D eigenvalue weighted by Crippen LogP contribution is 2.22. The first kappa shape index (κ1) is 34.7. The van der Waals surface area contributed by atoms with Gasteiger partial charge in [0.1, 0.15) is 30.2 Å². The lowest BCUT2D eigenvalue weighted by atomic mass is 10.1. The van der Waals surface area contributed by atoms with Gasteiger partial charge in [-0.15, -0.1) is 0 Å². The van der Waals surface area contributed by atoms with Crippen molar-refractivity contribution < 1.29 is 29.1 Å². The van der Waals surface area contributed by atoms with Crippen molar-refractivity contribution in [2.75, 3.05) is 26.2 Å². The maximum atomic E-state index is 13.7. The van der Waals surface area contributed by atoms with E-state index in [2.05, 4.69) is 20.9 Å². The molecular weight excluding hydrogens is 546 g/mol. The van der Waals surface area contributed by atoms with Crippen LogP contribution in [0.15, 0.2) is 4.99 Å². The van der Waals surface area contributed by atoms with Gasteiger partial charge in [-0.1, -0.05) is 13.3 Å². The average molecular weight is 596 g/mol. The molecule has 0 unspecified atom stereocenters. The van der Waals surface area contributed by atoms with E-state index in [-0.39, 0.29) is 30.7 Å². The molecule has 2 aliphatic rings. The zero-order chi connectivity index (χ0) is 31.4. The Morgan fingerprint density at radius 2 is 1.45 bits per heavy atom. The number of carbonyl (C=O) groups excluding carboxylic acids is 5. The molecule has 0 aromatic heterocycles. The highest BCUT2D eigenvalue weighted by molar-refractivity contribution is 5.96. The standard InChI is InChI=1S/C27H49N9O6/c1-4-9-17(34-24(40)21(28)16(3)37)25(41)36-15-8-12-20(36)23(39)33-18(10-6-13-32-27(29)30)26(42)35-14-7-11-19(35)22(38)31-5-2/h16-21,37H,4-15,28H2,1-3H3,(H,31,38)(H,33,39)(H,34,40)(H4,29,30,32)/t16-,17+,18+,19+,20+,21+/m1/s1. The molecule has 0 aliphatic carbocycles. The first-order valence-electron chi connectivity index (χ1n) is 14.9. The van der Waals surface area contributed by atoms with Gasteiger partial charge in [-0.25, -0.2) is 0 Å². The second kappa shape index (κ2) is 16.9. The van der Waals surface area contributed by atoms with Crippen LogP contribution in [-0.2, 0) is 24.0 Å². The van der Waals surface area contributed by atoms with E-state index >= 15 is 0 Å². The Bertz CT molecular complexity index is 987. The maximum absolute atomic E-state index is 13.7. The van der Waals surface area contributed by atoms with Crippen LogP contribution in [0.25, 0.3) is 0 Å². The SMILES string of the molecule is CCC[C@H](NC(=O)[C@@H](N)[C@@H](C)O)C(=O)N1CCC[C@H]1C(=O)N[C@@H](CCCN=C(N)N)C(=O)N1CCC[C@H]1C(=O)NCC.